The van der Waals surface area contributed by atoms with Crippen molar-refractivity contribution in [1.29, 1.82) is 0 Å². The highest BCUT2D eigenvalue weighted by Crippen LogP contribution is 2.17. The Hall–Kier alpha value is -1.98. The molecule has 1 aliphatic rings. The first-order valence-corrected chi connectivity index (χ1v) is 4.85. The lowest BCUT2D eigenvalue weighted by atomic mass is 10.2. The van der Waals surface area contributed by atoms with Crippen LogP contribution in [0.2, 0.25) is 0 Å². The summed E-state index contributed by atoms with van der Waals surface area (Å²) < 4.78 is 9.99. The summed E-state index contributed by atoms with van der Waals surface area (Å²) >= 11 is 0. The van der Waals surface area contributed by atoms with E-state index in [1.165, 1.54) is 11.2 Å². The molecule has 16 heavy (non-hydrogen) atoms. The number of carbonyl (C=O) groups is 2. The molecule has 2 rings (SSSR count). The minimum Gasteiger partial charge on any atom is -0.481 e. The van der Waals surface area contributed by atoms with E-state index in [-0.39, 0.29) is 13.0 Å². The van der Waals surface area contributed by atoms with Gasteiger partial charge in [0.25, 0.3) is 0 Å². The Morgan fingerprint density at radius 1 is 1.62 bits per heavy atom. The minimum atomic E-state index is -0.974. The van der Waals surface area contributed by atoms with Gasteiger partial charge in [0.15, 0.2) is 0 Å². The molecule has 1 aromatic heterocycles. The number of aliphatic carboxylic acids is 1. The molecule has 6 heteroatoms. The van der Waals surface area contributed by atoms with E-state index in [1.54, 1.807) is 12.1 Å². The average molecular weight is 225 g/mol. The first kappa shape index (κ1) is 10.5. The largest absolute Gasteiger partial charge is 0.481 e. The van der Waals surface area contributed by atoms with Gasteiger partial charge in [0.1, 0.15) is 11.9 Å². The van der Waals surface area contributed by atoms with Crippen molar-refractivity contribution in [3.63, 3.8) is 0 Å². The Balaban J connectivity index is 1.92. The number of carboxylic acids is 1. The van der Waals surface area contributed by atoms with Gasteiger partial charge in [0.05, 0.1) is 25.8 Å². The van der Waals surface area contributed by atoms with Crippen LogP contribution < -0.4 is 0 Å². The van der Waals surface area contributed by atoms with E-state index in [2.05, 4.69) is 0 Å². The quantitative estimate of drug-likeness (QED) is 0.829. The van der Waals surface area contributed by atoms with Crippen LogP contribution in [0.3, 0.4) is 0 Å². The van der Waals surface area contributed by atoms with Gasteiger partial charge in [0.2, 0.25) is 0 Å². The van der Waals surface area contributed by atoms with Crippen molar-refractivity contribution in [1.82, 2.24) is 4.90 Å². The average Bonchev–Trinajstić information content (AvgIpc) is 2.77. The van der Waals surface area contributed by atoms with Crippen LogP contribution in [-0.4, -0.2) is 34.7 Å². The zero-order valence-electron chi connectivity index (χ0n) is 8.46. The molecule has 0 aromatic carbocycles. The fourth-order valence-electron chi connectivity index (χ4n) is 1.60. The van der Waals surface area contributed by atoms with Crippen molar-refractivity contribution in [2.24, 2.45) is 0 Å². The van der Waals surface area contributed by atoms with Crippen LogP contribution in [-0.2, 0) is 16.1 Å². The van der Waals surface area contributed by atoms with Gasteiger partial charge in [-0.2, -0.15) is 0 Å². The van der Waals surface area contributed by atoms with Crippen molar-refractivity contribution in [2.75, 3.05) is 6.54 Å². The van der Waals surface area contributed by atoms with Crippen LogP contribution in [0.25, 0.3) is 0 Å². The molecule has 1 atom stereocenters. The third-order valence-electron chi connectivity index (χ3n) is 2.28. The first-order chi connectivity index (χ1) is 7.65. The molecule has 0 radical (unpaired) electrons. The highest BCUT2D eigenvalue weighted by Gasteiger charge is 2.32. The molecule has 1 amide bonds. The SMILES string of the molecule is O=C(O)CC1CN(Cc2ccco2)C(=O)O1. The smallest absolute Gasteiger partial charge is 0.410 e. The van der Waals surface area contributed by atoms with Gasteiger partial charge >= 0.3 is 12.1 Å². The molecule has 86 valence electrons. The summed E-state index contributed by atoms with van der Waals surface area (Å²) in [6, 6.07) is 3.48. The Morgan fingerprint density at radius 2 is 2.44 bits per heavy atom. The standard InChI is InChI=1S/C10H11NO5/c12-9(13)4-8-6-11(10(14)16-8)5-7-2-1-3-15-7/h1-3,8H,4-6H2,(H,12,13). The van der Waals surface area contributed by atoms with Crippen LogP contribution in [0.15, 0.2) is 22.8 Å². The fourth-order valence-corrected chi connectivity index (χ4v) is 1.60. The summed E-state index contributed by atoms with van der Waals surface area (Å²) in [7, 11) is 0. The third-order valence-corrected chi connectivity index (χ3v) is 2.28. The summed E-state index contributed by atoms with van der Waals surface area (Å²) in [5.74, 6) is -0.328. The maximum Gasteiger partial charge on any atom is 0.410 e. The van der Waals surface area contributed by atoms with Gasteiger partial charge in [-0.3, -0.25) is 9.69 Å². The van der Waals surface area contributed by atoms with E-state index in [9.17, 15) is 9.59 Å². The molecule has 2 heterocycles. The number of rotatable bonds is 4. The summed E-state index contributed by atoms with van der Waals surface area (Å²) in [6.07, 6.45) is 0.286. The first-order valence-electron chi connectivity index (χ1n) is 4.85. The molecule has 0 aliphatic carbocycles. The van der Waals surface area contributed by atoms with E-state index < -0.39 is 18.2 Å². The molecular weight excluding hydrogens is 214 g/mol. The lowest BCUT2D eigenvalue weighted by molar-refractivity contribution is -0.138. The molecule has 1 N–H and O–H groups in total. The van der Waals surface area contributed by atoms with Gasteiger partial charge in [-0.1, -0.05) is 0 Å². The molecule has 0 bridgehead atoms. The lowest BCUT2D eigenvalue weighted by Crippen LogP contribution is -2.24. The molecule has 0 saturated carbocycles. The van der Waals surface area contributed by atoms with Crippen molar-refractivity contribution in [3.8, 4) is 0 Å². The summed E-state index contributed by atoms with van der Waals surface area (Å²) in [4.78, 5) is 23.2. The zero-order valence-corrected chi connectivity index (χ0v) is 8.46. The van der Waals surface area contributed by atoms with Gasteiger partial charge in [-0.15, -0.1) is 0 Å². The number of ether oxygens (including phenoxy) is 1. The molecule has 1 fully saturated rings. The molecule has 1 aliphatic heterocycles. The molecule has 0 spiro atoms. The van der Waals surface area contributed by atoms with Gasteiger partial charge in [0, 0.05) is 0 Å². The van der Waals surface area contributed by atoms with Crippen LogP contribution >= 0.6 is 0 Å². The van der Waals surface area contributed by atoms with E-state index >= 15 is 0 Å². The van der Waals surface area contributed by atoms with E-state index in [4.69, 9.17) is 14.3 Å². The molecule has 1 aromatic rings. The van der Waals surface area contributed by atoms with Gasteiger partial charge < -0.3 is 14.3 Å². The fraction of sp³-hybridized carbons (Fsp3) is 0.400. The Labute approximate surface area is 91.4 Å². The van der Waals surface area contributed by atoms with Gasteiger partial charge in [-0.05, 0) is 12.1 Å². The number of nitrogens with zero attached hydrogens (tertiary/aromatic N) is 1. The zero-order chi connectivity index (χ0) is 11.5. The summed E-state index contributed by atoms with van der Waals surface area (Å²) in [5, 5.41) is 8.57. The topological polar surface area (TPSA) is 80.0 Å². The van der Waals surface area contributed by atoms with Crippen LogP contribution in [0.1, 0.15) is 12.2 Å². The minimum absolute atomic E-state index is 0.166. The predicted octanol–water partition coefficient (Wildman–Crippen LogP) is 1.08. The van der Waals surface area contributed by atoms with Crippen molar-refractivity contribution < 1.29 is 23.8 Å². The van der Waals surface area contributed by atoms with Crippen LogP contribution in [0.5, 0.6) is 0 Å². The van der Waals surface area contributed by atoms with Crippen molar-refractivity contribution >= 4 is 12.1 Å². The predicted molar refractivity (Wildman–Crippen MR) is 51.6 cm³/mol. The maximum absolute atomic E-state index is 11.4. The Bertz CT molecular complexity index is 386. The number of cyclic esters (lactones) is 1. The van der Waals surface area contributed by atoms with Crippen molar-refractivity contribution in [2.45, 2.75) is 19.1 Å². The second kappa shape index (κ2) is 4.26. The second-order valence-corrected chi connectivity index (χ2v) is 3.56. The number of furan rings is 1. The summed E-state index contributed by atoms with van der Waals surface area (Å²) in [5.41, 5.74) is 0. The normalized spacial score (nSPS) is 19.9. The van der Waals surface area contributed by atoms with Gasteiger partial charge in [-0.25, -0.2) is 4.79 Å². The number of amides is 1. The van der Waals surface area contributed by atoms with E-state index in [0.29, 0.717) is 12.3 Å². The number of hydrogen-bond donors (Lipinski definition) is 1. The Kier molecular flexibility index (Phi) is 2.80. The molecular formula is C10H11NO5. The maximum atomic E-state index is 11.4. The molecule has 1 unspecified atom stereocenters. The van der Waals surface area contributed by atoms with Crippen molar-refractivity contribution in [3.05, 3.63) is 24.2 Å². The molecule has 1 saturated heterocycles. The number of carbonyl (C=O) groups excluding carboxylic acids is 1. The summed E-state index contributed by atoms with van der Waals surface area (Å²) in [6.45, 7) is 0.591. The van der Waals surface area contributed by atoms with Crippen LogP contribution in [0, 0.1) is 0 Å². The van der Waals surface area contributed by atoms with Crippen LogP contribution in [0.4, 0.5) is 4.79 Å². The molecule has 6 nitrogen and oxygen atoms in total. The van der Waals surface area contributed by atoms with E-state index in [0.717, 1.165) is 0 Å². The Morgan fingerprint density at radius 3 is 3.06 bits per heavy atom. The number of carboxylic acid groups (broad SMARTS) is 1. The number of hydrogen-bond acceptors (Lipinski definition) is 4. The second-order valence-electron chi connectivity index (χ2n) is 3.56. The highest BCUT2D eigenvalue weighted by molar-refractivity contribution is 5.72. The van der Waals surface area contributed by atoms with E-state index in [1.807, 2.05) is 0 Å². The third kappa shape index (κ3) is 2.33. The highest BCUT2D eigenvalue weighted by atomic mass is 16.6. The monoisotopic (exact) mass is 225 g/mol. The lowest BCUT2D eigenvalue weighted by Gasteiger charge is -2.09.